The van der Waals surface area contributed by atoms with Crippen LogP contribution >= 0.6 is 11.3 Å². The number of nitrogens with zero attached hydrogens (tertiary/aromatic N) is 1. The Bertz CT molecular complexity index is 1080. The summed E-state index contributed by atoms with van der Waals surface area (Å²) in [5.74, 6) is -0.0158. The molecule has 6 heteroatoms. The number of thiophene rings is 1. The molecule has 4 rings (SSSR count). The Labute approximate surface area is 159 Å². The lowest BCUT2D eigenvalue weighted by atomic mass is 10.1. The van der Waals surface area contributed by atoms with Crippen LogP contribution < -0.4 is 10.1 Å². The van der Waals surface area contributed by atoms with Gasteiger partial charge >= 0.3 is 0 Å². The lowest BCUT2D eigenvalue weighted by molar-refractivity contribution is 0.102. The van der Waals surface area contributed by atoms with Crippen molar-refractivity contribution in [2.24, 2.45) is 0 Å². The maximum absolute atomic E-state index is 14.5. The summed E-state index contributed by atoms with van der Waals surface area (Å²) in [4.78, 5) is 17.2. The van der Waals surface area contributed by atoms with Crippen LogP contribution in [0.25, 0.3) is 10.1 Å². The normalized spacial score (nSPS) is 10.7. The predicted molar refractivity (Wildman–Crippen MR) is 105 cm³/mol. The molecular formula is C21H15FN2O2S. The number of carbonyl (C=O) groups is 1. The molecule has 0 atom stereocenters. The van der Waals surface area contributed by atoms with Gasteiger partial charge in [0.15, 0.2) is 0 Å². The lowest BCUT2D eigenvalue weighted by Gasteiger charge is -2.09. The van der Waals surface area contributed by atoms with E-state index in [2.05, 4.69) is 10.3 Å². The number of carbonyl (C=O) groups excluding carboxylic acids is 1. The number of nitrogens with one attached hydrogen (secondary N) is 1. The molecule has 1 N–H and O–H groups in total. The van der Waals surface area contributed by atoms with Crippen molar-refractivity contribution in [3.8, 4) is 5.75 Å². The van der Waals surface area contributed by atoms with Gasteiger partial charge < -0.3 is 10.1 Å². The number of benzene rings is 2. The zero-order valence-corrected chi connectivity index (χ0v) is 15.0. The fourth-order valence-corrected chi connectivity index (χ4v) is 3.90. The summed E-state index contributed by atoms with van der Waals surface area (Å²) in [6.45, 7) is 0.0980. The third kappa shape index (κ3) is 3.66. The molecule has 134 valence electrons. The Morgan fingerprint density at radius 2 is 1.93 bits per heavy atom. The molecule has 4 nitrogen and oxygen atoms in total. The Kier molecular flexibility index (Phi) is 4.80. The van der Waals surface area contributed by atoms with Crippen LogP contribution in [0.4, 0.5) is 10.1 Å². The molecule has 0 saturated heterocycles. The average Bonchev–Trinajstić information content (AvgIpc) is 3.08. The Morgan fingerprint density at radius 3 is 2.70 bits per heavy atom. The number of pyridine rings is 1. The van der Waals surface area contributed by atoms with E-state index in [1.54, 1.807) is 36.7 Å². The van der Waals surface area contributed by atoms with Gasteiger partial charge in [-0.2, -0.15) is 0 Å². The molecule has 4 aromatic rings. The fourth-order valence-electron chi connectivity index (χ4n) is 2.79. The van der Waals surface area contributed by atoms with E-state index >= 15 is 0 Å². The third-order valence-electron chi connectivity index (χ3n) is 4.02. The van der Waals surface area contributed by atoms with Gasteiger partial charge in [0, 0.05) is 21.8 Å². The Morgan fingerprint density at radius 1 is 1.07 bits per heavy atom. The first-order chi connectivity index (χ1) is 13.2. The van der Waals surface area contributed by atoms with Crippen molar-refractivity contribution in [2.75, 3.05) is 5.32 Å². The van der Waals surface area contributed by atoms with Crippen LogP contribution in [0.5, 0.6) is 5.75 Å². The highest BCUT2D eigenvalue weighted by molar-refractivity contribution is 7.21. The first-order valence-corrected chi connectivity index (χ1v) is 9.13. The molecule has 2 aromatic carbocycles. The van der Waals surface area contributed by atoms with Crippen molar-refractivity contribution in [3.63, 3.8) is 0 Å². The van der Waals surface area contributed by atoms with Gasteiger partial charge in [-0.15, -0.1) is 11.3 Å². The minimum Gasteiger partial charge on any atom is -0.489 e. The lowest BCUT2D eigenvalue weighted by Crippen LogP contribution is -2.13. The summed E-state index contributed by atoms with van der Waals surface area (Å²) in [6.07, 6.45) is 3.19. The van der Waals surface area contributed by atoms with E-state index in [0.29, 0.717) is 32.0 Å². The molecule has 0 aliphatic heterocycles. The summed E-state index contributed by atoms with van der Waals surface area (Å²) in [5.41, 5.74) is 1.12. The number of fused-ring (bicyclic) bond motifs is 1. The minimum atomic E-state index is -0.365. The molecule has 0 radical (unpaired) electrons. The standard InChI is InChI=1S/C21H15FN2O2S/c22-17-9-4-10-18-19(17)16(13-26-15-7-2-1-3-8-15)20(27-18)21(25)24-14-6-5-11-23-12-14/h1-12H,13H2,(H,24,25). The number of hydrogen-bond donors (Lipinski definition) is 1. The van der Waals surface area contributed by atoms with Crippen LogP contribution in [0.2, 0.25) is 0 Å². The van der Waals surface area contributed by atoms with E-state index in [1.165, 1.54) is 17.4 Å². The van der Waals surface area contributed by atoms with Crippen molar-refractivity contribution in [1.82, 2.24) is 4.98 Å². The van der Waals surface area contributed by atoms with Crippen LogP contribution in [-0.2, 0) is 6.61 Å². The Hall–Kier alpha value is -3.25. The number of amides is 1. The van der Waals surface area contributed by atoms with E-state index in [0.717, 1.165) is 0 Å². The molecular weight excluding hydrogens is 363 g/mol. The van der Waals surface area contributed by atoms with Crippen LogP contribution in [0.3, 0.4) is 0 Å². The largest absolute Gasteiger partial charge is 0.489 e. The van der Waals surface area contributed by atoms with Crippen molar-refractivity contribution in [3.05, 3.63) is 89.3 Å². The summed E-state index contributed by atoms with van der Waals surface area (Å²) < 4.78 is 21.0. The molecule has 0 unspecified atom stereocenters. The second-order valence-corrected chi connectivity index (χ2v) is 6.87. The summed E-state index contributed by atoms with van der Waals surface area (Å²) in [6, 6.07) is 17.6. The van der Waals surface area contributed by atoms with Gasteiger partial charge in [-0.05, 0) is 36.4 Å². The SMILES string of the molecule is O=C(Nc1cccnc1)c1sc2cccc(F)c2c1COc1ccccc1. The van der Waals surface area contributed by atoms with Gasteiger partial charge in [-0.25, -0.2) is 4.39 Å². The van der Waals surface area contributed by atoms with Gasteiger partial charge in [0.25, 0.3) is 5.91 Å². The van der Waals surface area contributed by atoms with Crippen molar-refractivity contribution >= 4 is 33.0 Å². The maximum atomic E-state index is 14.5. The molecule has 0 aliphatic rings. The van der Waals surface area contributed by atoms with Crippen LogP contribution in [0.1, 0.15) is 15.2 Å². The van der Waals surface area contributed by atoms with E-state index in [-0.39, 0.29) is 18.3 Å². The summed E-state index contributed by atoms with van der Waals surface area (Å²) in [5, 5.41) is 3.23. The number of para-hydroxylation sites is 1. The molecule has 0 spiro atoms. The third-order valence-corrected chi connectivity index (χ3v) is 5.21. The molecule has 0 fully saturated rings. The van der Waals surface area contributed by atoms with E-state index in [4.69, 9.17) is 4.74 Å². The molecule has 27 heavy (non-hydrogen) atoms. The van der Waals surface area contributed by atoms with Gasteiger partial charge in [0.2, 0.25) is 0 Å². The number of hydrogen-bond acceptors (Lipinski definition) is 4. The van der Waals surface area contributed by atoms with Gasteiger partial charge in [-0.3, -0.25) is 9.78 Å². The number of anilines is 1. The van der Waals surface area contributed by atoms with Gasteiger partial charge in [0.05, 0.1) is 11.9 Å². The number of ether oxygens (including phenoxy) is 1. The first kappa shape index (κ1) is 17.2. The Balaban J connectivity index is 1.70. The van der Waals surface area contributed by atoms with Crippen molar-refractivity contribution < 1.29 is 13.9 Å². The van der Waals surface area contributed by atoms with Crippen molar-refractivity contribution in [2.45, 2.75) is 6.61 Å². The van der Waals surface area contributed by atoms with Crippen LogP contribution in [0, 0.1) is 5.82 Å². The first-order valence-electron chi connectivity index (χ1n) is 8.31. The summed E-state index contributed by atoms with van der Waals surface area (Å²) in [7, 11) is 0. The van der Waals surface area contributed by atoms with Crippen molar-refractivity contribution in [1.29, 1.82) is 0 Å². The fraction of sp³-hybridized carbons (Fsp3) is 0.0476. The quantitative estimate of drug-likeness (QED) is 0.515. The van der Waals surface area contributed by atoms with E-state index < -0.39 is 0 Å². The molecule has 0 bridgehead atoms. The predicted octanol–water partition coefficient (Wildman–Crippen LogP) is 5.27. The minimum absolute atomic E-state index is 0.0980. The smallest absolute Gasteiger partial charge is 0.266 e. The molecule has 2 aromatic heterocycles. The highest BCUT2D eigenvalue weighted by Crippen LogP contribution is 2.34. The zero-order chi connectivity index (χ0) is 18.6. The van der Waals surface area contributed by atoms with Gasteiger partial charge in [0.1, 0.15) is 23.1 Å². The molecule has 0 aliphatic carbocycles. The second-order valence-electron chi connectivity index (χ2n) is 5.82. The van der Waals surface area contributed by atoms with Crippen LogP contribution in [-0.4, -0.2) is 10.9 Å². The highest BCUT2D eigenvalue weighted by Gasteiger charge is 2.21. The average molecular weight is 378 g/mol. The number of halogens is 1. The van der Waals surface area contributed by atoms with Gasteiger partial charge in [-0.1, -0.05) is 24.3 Å². The second kappa shape index (κ2) is 7.55. The van der Waals surface area contributed by atoms with Crippen LogP contribution in [0.15, 0.2) is 73.1 Å². The molecule has 0 saturated carbocycles. The maximum Gasteiger partial charge on any atom is 0.266 e. The highest BCUT2D eigenvalue weighted by atomic mass is 32.1. The van der Waals surface area contributed by atoms with E-state index in [1.807, 2.05) is 30.3 Å². The number of rotatable bonds is 5. The monoisotopic (exact) mass is 378 g/mol. The molecule has 2 heterocycles. The summed E-state index contributed by atoms with van der Waals surface area (Å²) >= 11 is 1.25. The molecule has 1 amide bonds. The topological polar surface area (TPSA) is 51.2 Å². The van der Waals surface area contributed by atoms with E-state index in [9.17, 15) is 9.18 Å². The zero-order valence-electron chi connectivity index (χ0n) is 14.2. The number of aromatic nitrogens is 1.